The highest BCUT2D eigenvalue weighted by atomic mass is 127. The van der Waals surface area contributed by atoms with Gasteiger partial charge in [0.25, 0.3) is 0 Å². The number of guanidine groups is 1. The third-order valence-corrected chi connectivity index (χ3v) is 5.02. The zero-order chi connectivity index (χ0) is 20.6. The number of halogens is 2. The van der Waals surface area contributed by atoms with E-state index >= 15 is 0 Å². The van der Waals surface area contributed by atoms with E-state index in [9.17, 15) is 9.18 Å². The molecular formula is C20H30FIN4O4. The minimum Gasteiger partial charge on any atom is -0.467 e. The van der Waals surface area contributed by atoms with Gasteiger partial charge in [-0.15, -0.1) is 24.0 Å². The summed E-state index contributed by atoms with van der Waals surface area (Å²) >= 11 is 0. The highest BCUT2D eigenvalue weighted by Crippen LogP contribution is 2.29. The van der Waals surface area contributed by atoms with Crippen LogP contribution >= 0.6 is 24.0 Å². The highest BCUT2D eigenvalue weighted by Gasteiger charge is 2.24. The molecule has 0 bridgehead atoms. The molecule has 2 N–H and O–H groups in total. The molecule has 0 aromatic heterocycles. The minimum atomic E-state index is -0.288. The van der Waals surface area contributed by atoms with Gasteiger partial charge in [-0.2, -0.15) is 0 Å². The van der Waals surface area contributed by atoms with Gasteiger partial charge in [-0.25, -0.2) is 9.18 Å². The Morgan fingerprint density at radius 3 is 2.83 bits per heavy atom. The van der Waals surface area contributed by atoms with Crippen LogP contribution in [-0.4, -0.2) is 63.1 Å². The zero-order valence-electron chi connectivity index (χ0n) is 17.4. The molecule has 3 rings (SSSR count). The maximum Gasteiger partial charge on any atom is 0.409 e. The predicted octanol–water partition coefficient (Wildman–Crippen LogP) is 2.64. The number of amides is 1. The standard InChI is InChI=1S/C20H29FN4O4.HI/c1-3-28-20(26)25-8-5-17(6-9-25)24-19(22-2)23-7-4-14-10-16(21)11-15-12-27-13-29-18(14)15;/h10-11,17H,3-9,12-13H2,1-2H3,(H2,22,23,24);1H. The van der Waals surface area contributed by atoms with E-state index in [2.05, 4.69) is 15.6 Å². The van der Waals surface area contributed by atoms with Crippen LogP contribution in [0.4, 0.5) is 9.18 Å². The van der Waals surface area contributed by atoms with Crippen LogP contribution in [0.3, 0.4) is 0 Å². The van der Waals surface area contributed by atoms with Gasteiger partial charge in [0.1, 0.15) is 11.6 Å². The fourth-order valence-corrected chi connectivity index (χ4v) is 3.57. The van der Waals surface area contributed by atoms with Gasteiger partial charge in [-0.1, -0.05) is 0 Å². The Hall–Kier alpha value is -1.82. The lowest BCUT2D eigenvalue weighted by Crippen LogP contribution is -2.50. The Labute approximate surface area is 193 Å². The number of aliphatic imine (C=N–C) groups is 1. The largest absolute Gasteiger partial charge is 0.467 e. The lowest BCUT2D eigenvalue weighted by Gasteiger charge is -2.32. The molecule has 1 amide bonds. The first-order valence-electron chi connectivity index (χ1n) is 10.0. The molecule has 1 saturated heterocycles. The van der Waals surface area contributed by atoms with Crippen LogP contribution in [0.15, 0.2) is 17.1 Å². The molecule has 2 aliphatic heterocycles. The van der Waals surface area contributed by atoms with Crippen LogP contribution < -0.4 is 15.4 Å². The molecule has 0 saturated carbocycles. The summed E-state index contributed by atoms with van der Waals surface area (Å²) in [5, 5.41) is 6.66. The van der Waals surface area contributed by atoms with Gasteiger partial charge in [0.15, 0.2) is 12.8 Å². The van der Waals surface area contributed by atoms with Crippen LogP contribution in [-0.2, 0) is 22.5 Å². The van der Waals surface area contributed by atoms with E-state index < -0.39 is 0 Å². The van der Waals surface area contributed by atoms with Crippen LogP contribution in [0, 0.1) is 5.82 Å². The average Bonchev–Trinajstić information content (AvgIpc) is 2.73. The number of carbonyl (C=O) groups is 1. The number of rotatable bonds is 5. The van der Waals surface area contributed by atoms with E-state index in [1.54, 1.807) is 18.9 Å². The number of hydrogen-bond acceptors (Lipinski definition) is 5. The van der Waals surface area contributed by atoms with Crippen molar-refractivity contribution in [3.8, 4) is 5.75 Å². The van der Waals surface area contributed by atoms with Crippen molar-refractivity contribution in [2.24, 2.45) is 4.99 Å². The van der Waals surface area contributed by atoms with E-state index in [1.807, 2.05) is 0 Å². The fraction of sp³-hybridized carbons (Fsp3) is 0.600. The van der Waals surface area contributed by atoms with Crippen LogP contribution in [0.2, 0.25) is 0 Å². The summed E-state index contributed by atoms with van der Waals surface area (Å²) in [5.74, 6) is 1.12. The second-order valence-corrected chi connectivity index (χ2v) is 7.02. The lowest BCUT2D eigenvalue weighted by molar-refractivity contribution is -0.0172. The number of carbonyl (C=O) groups excluding carboxylic acids is 1. The number of likely N-dealkylation sites (tertiary alicyclic amines) is 1. The van der Waals surface area contributed by atoms with Gasteiger partial charge in [-0.3, -0.25) is 4.99 Å². The van der Waals surface area contributed by atoms with E-state index in [1.165, 1.54) is 12.1 Å². The Morgan fingerprint density at radius 2 is 2.13 bits per heavy atom. The molecule has 0 atom stereocenters. The van der Waals surface area contributed by atoms with Gasteiger partial charge in [0.2, 0.25) is 0 Å². The third-order valence-electron chi connectivity index (χ3n) is 5.02. The summed E-state index contributed by atoms with van der Waals surface area (Å²) in [4.78, 5) is 17.8. The van der Waals surface area contributed by atoms with Gasteiger partial charge < -0.3 is 29.7 Å². The molecule has 0 spiro atoms. The van der Waals surface area contributed by atoms with Crippen molar-refractivity contribution in [1.82, 2.24) is 15.5 Å². The number of nitrogens with zero attached hydrogens (tertiary/aromatic N) is 2. The smallest absolute Gasteiger partial charge is 0.409 e. The Kier molecular flexibility index (Phi) is 9.89. The molecule has 2 heterocycles. The highest BCUT2D eigenvalue weighted by molar-refractivity contribution is 14.0. The first-order valence-corrected chi connectivity index (χ1v) is 10.0. The SMILES string of the molecule is CCOC(=O)N1CCC(NC(=NC)NCCc2cc(F)cc3c2OCOC3)CC1.I. The Morgan fingerprint density at radius 1 is 1.37 bits per heavy atom. The van der Waals surface area contributed by atoms with E-state index in [0.717, 1.165) is 24.0 Å². The predicted molar refractivity (Wildman–Crippen MR) is 122 cm³/mol. The van der Waals surface area contributed by atoms with Gasteiger partial charge >= 0.3 is 6.09 Å². The summed E-state index contributed by atoms with van der Waals surface area (Å²) in [6.07, 6.45) is 2.00. The van der Waals surface area contributed by atoms with Gasteiger partial charge in [-0.05, 0) is 43.9 Å². The van der Waals surface area contributed by atoms with Crippen molar-refractivity contribution in [2.45, 2.75) is 38.8 Å². The first kappa shape index (κ1) is 24.4. The van der Waals surface area contributed by atoms with E-state index in [4.69, 9.17) is 14.2 Å². The molecule has 1 fully saturated rings. The molecule has 10 heteroatoms. The third kappa shape index (κ3) is 6.59. The van der Waals surface area contributed by atoms with Crippen molar-refractivity contribution in [2.75, 3.05) is 40.1 Å². The maximum absolute atomic E-state index is 13.8. The lowest BCUT2D eigenvalue weighted by atomic mass is 10.1. The fourth-order valence-electron chi connectivity index (χ4n) is 3.57. The maximum atomic E-state index is 13.8. The minimum absolute atomic E-state index is 0. The molecular weight excluding hydrogens is 506 g/mol. The van der Waals surface area contributed by atoms with E-state index in [0.29, 0.717) is 51.0 Å². The topological polar surface area (TPSA) is 84.4 Å². The number of fused-ring (bicyclic) bond motifs is 1. The first-order chi connectivity index (χ1) is 14.1. The summed E-state index contributed by atoms with van der Waals surface area (Å²) in [7, 11) is 1.72. The van der Waals surface area contributed by atoms with Crippen molar-refractivity contribution in [3.05, 3.63) is 29.1 Å². The van der Waals surface area contributed by atoms with Gasteiger partial charge in [0.05, 0.1) is 13.2 Å². The average molecular weight is 536 g/mol. The molecule has 1 aromatic carbocycles. The van der Waals surface area contributed by atoms with Crippen molar-refractivity contribution in [3.63, 3.8) is 0 Å². The number of benzene rings is 1. The zero-order valence-corrected chi connectivity index (χ0v) is 19.7. The van der Waals surface area contributed by atoms with Crippen molar-refractivity contribution in [1.29, 1.82) is 0 Å². The number of ether oxygens (including phenoxy) is 3. The summed E-state index contributed by atoms with van der Waals surface area (Å²) in [6.45, 7) is 4.64. The molecule has 1 aromatic rings. The van der Waals surface area contributed by atoms with Crippen molar-refractivity contribution >= 4 is 36.0 Å². The van der Waals surface area contributed by atoms with Crippen molar-refractivity contribution < 1.29 is 23.4 Å². The number of hydrogen-bond donors (Lipinski definition) is 2. The van der Waals surface area contributed by atoms with Gasteiger partial charge in [0, 0.05) is 38.3 Å². The van der Waals surface area contributed by atoms with Crippen LogP contribution in [0.1, 0.15) is 30.9 Å². The Bertz CT molecular complexity index is 742. The molecule has 2 aliphatic rings. The molecule has 0 radical (unpaired) electrons. The van der Waals surface area contributed by atoms with Crippen LogP contribution in [0.5, 0.6) is 5.75 Å². The summed E-state index contributed by atoms with van der Waals surface area (Å²) < 4.78 is 29.7. The number of piperidine rings is 1. The summed E-state index contributed by atoms with van der Waals surface area (Å²) in [6, 6.07) is 3.19. The summed E-state index contributed by atoms with van der Waals surface area (Å²) in [5.41, 5.74) is 1.55. The van der Waals surface area contributed by atoms with Crippen LogP contribution in [0.25, 0.3) is 0 Å². The molecule has 8 nitrogen and oxygen atoms in total. The monoisotopic (exact) mass is 536 g/mol. The second-order valence-electron chi connectivity index (χ2n) is 7.02. The molecule has 0 aliphatic carbocycles. The molecule has 0 unspecified atom stereocenters. The Balaban J connectivity index is 0.00000320. The quantitative estimate of drug-likeness (QED) is 0.342. The van der Waals surface area contributed by atoms with E-state index in [-0.39, 0.29) is 48.7 Å². The molecule has 30 heavy (non-hydrogen) atoms. The second kappa shape index (κ2) is 12.1. The molecule has 168 valence electrons. The normalized spacial score (nSPS) is 16.8. The number of nitrogens with one attached hydrogen (secondary N) is 2.